The maximum atomic E-state index is 11.6. The Balaban J connectivity index is 2.86. The van der Waals surface area contributed by atoms with Crippen LogP contribution >= 0.6 is 11.3 Å². The van der Waals surface area contributed by atoms with Gasteiger partial charge in [0, 0.05) is 5.38 Å². The van der Waals surface area contributed by atoms with E-state index in [0.717, 1.165) is 6.42 Å². The van der Waals surface area contributed by atoms with Crippen molar-refractivity contribution in [2.75, 3.05) is 18.9 Å². The Bertz CT molecular complexity index is 403. The van der Waals surface area contributed by atoms with E-state index in [0.29, 0.717) is 17.4 Å². The standard InChI is InChI=1S/C10H15N3O3S/c1-3-5-16-13-8(9(14)15-4-2)7-6-17-10(11)12-7/h6H,3-5H2,1-2H3,(H2,11,12)/b13-8-. The molecule has 2 N–H and O–H groups in total. The number of hydrogen-bond acceptors (Lipinski definition) is 7. The van der Waals surface area contributed by atoms with Gasteiger partial charge >= 0.3 is 5.97 Å². The third-order valence-corrected chi connectivity index (χ3v) is 2.36. The predicted octanol–water partition coefficient (Wildman–Crippen LogP) is 1.42. The second kappa shape index (κ2) is 6.85. The minimum absolute atomic E-state index is 0.0493. The van der Waals surface area contributed by atoms with Gasteiger partial charge in [-0.05, 0) is 13.3 Å². The average Bonchev–Trinajstić information content (AvgIpc) is 2.71. The van der Waals surface area contributed by atoms with Crippen LogP contribution in [0.1, 0.15) is 26.0 Å². The molecule has 0 bridgehead atoms. The minimum atomic E-state index is -0.561. The van der Waals surface area contributed by atoms with Crippen molar-refractivity contribution in [3.63, 3.8) is 0 Å². The Kier molecular flexibility index (Phi) is 5.41. The lowest BCUT2D eigenvalue weighted by molar-refractivity contribution is -0.135. The number of carbonyl (C=O) groups is 1. The lowest BCUT2D eigenvalue weighted by atomic mass is 10.3. The third-order valence-electron chi connectivity index (χ3n) is 1.68. The number of ether oxygens (including phenoxy) is 1. The zero-order chi connectivity index (χ0) is 12.7. The van der Waals surface area contributed by atoms with Gasteiger partial charge in [0.1, 0.15) is 12.3 Å². The number of anilines is 1. The molecule has 0 saturated carbocycles. The summed E-state index contributed by atoms with van der Waals surface area (Å²) < 4.78 is 4.87. The van der Waals surface area contributed by atoms with Crippen LogP contribution < -0.4 is 5.73 Å². The van der Waals surface area contributed by atoms with E-state index >= 15 is 0 Å². The molecule has 0 aliphatic heterocycles. The van der Waals surface area contributed by atoms with Crippen LogP contribution in [0.15, 0.2) is 10.5 Å². The number of rotatable bonds is 6. The molecule has 1 rings (SSSR count). The van der Waals surface area contributed by atoms with Gasteiger partial charge in [-0.3, -0.25) is 0 Å². The maximum absolute atomic E-state index is 11.6. The van der Waals surface area contributed by atoms with Gasteiger partial charge in [0.05, 0.1) is 6.61 Å². The summed E-state index contributed by atoms with van der Waals surface area (Å²) in [6.45, 7) is 4.37. The van der Waals surface area contributed by atoms with Crippen molar-refractivity contribution in [3.8, 4) is 0 Å². The summed E-state index contributed by atoms with van der Waals surface area (Å²) in [7, 11) is 0. The van der Waals surface area contributed by atoms with Gasteiger partial charge in [-0.1, -0.05) is 12.1 Å². The second-order valence-electron chi connectivity index (χ2n) is 3.06. The van der Waals surface area contributed by atoms with Gasteiger partial charge in [-0.25, -0.2) is 9.78 Å². The highest BCUT2D eigenvalue weighted by molar-refractivity contribution is 7.13. The SMILES string of the molecule is CCCO/N=C(\C(=O)OCC)c1csc(N)n1. The fourth-order valence-electron chi connectivity index (χ4n) is 0.986. The summed E-state index contributed by atoms with van der Waals surface area (Å²) in [6, 6.07) is 0. The smallest absolute Gasteiger partial charge is 0.362 e. The van der Waals surface area contributed by atoms with Crippen LogP contribution in [0.5, 0.6) is 0 Å². The zero-order valence-electron chi connectivity index (χ0n) is 9.80. The topological polar surface area (TPSA) is 86.8 Å². The van der Waals surface area contributed by atoms with E-state index in [1.54, 1.807) is 12.3 Å². The molecule has 0 aliphatic rings. The van der Waals surface area contributed by atoms with Crippen molar-refractivity contribution in [1.29, 1.82) is 0 Å². The molecule has 0 saturated heterocycles. The van der Waals surface area contributed by atoms with Gasteiger partial charge in [0.25, 0.3) is 0 Å². The molecule has 0 aliphatic carbocycles. The Labute approximate surface area is 103 Å². The fourth-order valence-corrected chi connectivity index (χ4v) is 1.53. The van der Waals surface area contributed by atoms with Crippen molar-refractivity contribution in [2.24, 2.45) is 5.16 Å². The summed E-state index contributed by atoms with van der Waals surface area (Å²) in [4.78, 5) is 20.6. The lowest BCUT2D eigenvalue weighted by Gasteiger charge is -2.03. The fraction of sp³-hybridized carbons (Fsp3) is 0.500. The molecule has 0 unspecified atom stereocenters. The number of hydrogen-bond donors (Lipinski definition) is 1. The highest BCUT2D eigenvalue weighted by atomic mass is 32.1. The number of esters is 1. The van der Waals surface area contributed by atoms with Gasteiger partial charge in [-0.15, -0.1) is 11.3 Å². The van der Waals surface area contributed by atoms with E-state index in [4.69, 9.17) is 15.3 Å². The molecular formula is C10H15N3O3S. The van der Waals surface area contributed by atoms with Gasteiger partial charge in [0.15, 0.2) is 5.13 Å². The summed E-state index contributed by atoms with van der Waals surface area (Å²) in [5, 5.41) is 5.75. The lowest BCUT2D eigenvalue weighted by Crippen LogP contribution is -2.20. The molecule has 1 aromatic heterocycles. The molecule has 0 aromatic carbocycles. The molecule has 0 atom stereocenters. The summed E-state index contributed by atoms with van der Waals surface area (Å²) in [6.07, 6.45) is 0.804. The van der Waals surface area contributed by atoms with E-state index in [1.807, 2.05) is 6.92 Å². The van der Waals surface area contributed by atoms with E-state index < -0.39 is 5.97 Å². The molecule has 0 spiro atoms. The number of nitrogens with two attached hydrogens (primary N) is 1. The molecular weight excluding hydrogens is 242 g/mol. The predicted molar refractivity (Wildman–Crippen MR) is 65.9 cm³/mol. The summed E-state index contributed by atoms with van der Waals surface area (Å²) in [5.41, 5.74) is 5.93. The molecule has 7 heteroatoms. The van der Waals surface area contributed by atoms with Crippen LogP contribution in [0.3, 0.4) is 0 Å². The first-order chi connectivity index (χ1) is 8.19. The largest absolute Gasteiger partial charge is 0.461 e. The van der Waals surface area contributed by atoms with Crippen molar-refractivity contribution >= 4 is 28.1 Å². The zero-order valence-corrected chi connectivity index (χ0v) is 10.6. The van der Waals surface area contributed by atoms with Crippen LogP contribution in [0.4, 0.5) is 5.13 Å². The number of nitrogens with zero attached hydrogens (tertiary/aromatic N) is 2. The highest BCUT2D eigenvalue weighted by Gasteiger charge is 2.19. The highest BCUT2D eigenvalue weighted by Crippen LogP contribution is 2.13. The quantitative estimate of drug-likeness (QED) is 0.360. The van der Waals surface area contributed by atoms with Gasteiger partial charge in [0.2, 0.25) is 5.71 Å². The molecule has 94 valence electrons. The Morgan fingerprint density at radius 2 is 2.35 bits per heavy atom. The second-order valence-corrected chi connectivity index (χ2v) is 3.95. The van der Waals surface area contributed by atoms with Gasteiger partial charge in [-0.2, -0.15) is 0 Å². The van der Waals surface area contributed by atoms with Crippen LogP contribution in [-0.4, -0.2) is 29.9 Å². The number of oxime groups is 1. The first-order valence-electron chi connectivity index (χ1n) is 5.27. The Morgan fingerprint density at radius 3 is 2.88 bits per heavy atom. The first kappa shape index (κ1) is 13.4. The molecule has 0 radical (unpaired) electrons. The van der Waals surface area contributed by atoms with E-state index in [1.165, 1.54) is 11.3 Å². The van der Waals surface area contributed by atoms with Crippen molar-refractivity contribution in [1.82, 2.24) is 4.98 Å². The molecule has 0 fully saturated rings. The molecule has 0 amide bonds. The van der Waals surface area contributed by atoms with Crippen LogP contribution in [0, 0.1) is 0 Å². The van der Waals surface area contributed by atoms with E-state index in [9.17, 15) is 4.79 Å². The number of carbonyl (C=O) groups excluding carboxylic acids is 1. The maximum Gasteiger partial charge on any atom is 0.362 e. The average molecular weight is 257 g/mol. The minimum Gasteiger partial charge on any atom is -0.461 e. The monoisotopic (exact) mass is 257 g/mol. The number of nitrogen functional groups attached to an aromatic ring is 1. The summed E-state index contributed by atoms with van der Waals surface area (Å²) >= 11 is 1.23. The van der Waals surface area contributed by atoms with E-state index in [-0.39, 0.29) is 12.3 Å². The first-order valence-corrected chi connectivity index (χ1v) is 6.15. The third kappa shape index (κ3) is 4.03. The molecule has 17 heavy (non-hydrogen) atoms. The van der Waals surface area contributed by atoms with Crippen molar-refractivity contribution < 1.29 is 14.4 Å². The van der Waals surface area contributed by atoms with Gasteiger partial charge < -0.3 is 15.3 Å². The van der Waals surface area contributed by atoms with Crippen LogP contribution in [-0.2, 0) is 14.4 Å². The molecule has 6 nitrogen and oxygen atoms in total. The number of aromatic nitrogens is 1. The van der Waals surface area contributed by atoms with Crippen molar-refractivity contribution in [3.05, 3.63) is 11.1 Å². The Morgan fingerprint density at radius 1 is 1.59 bits per heavy atom. The van der Waals surface area contributed by atoms with Crippen LogP contribution in [0.2, 0.25) is 0 Å². The number of thiazole rings is 1. The Hall–Kier alpha value is -1.63. The van der Waals surface area contributed by atoms with Crippen LogP contribution in [0.25, 0.3) is 0 Å². The van der Waals surface area contributed by atoms with Crippen molar-refractivity contribution in [2.45, 2.75) is 20.3 Å². The molecule has 1 aromatic rings. The summed E-state index contributed by atoms with van der Waals surface area (Å²) in [5.74, 6) is -0.561. The normalized spacial score (nSPS) is 11.3. The molecule has 1 heterocycles. The van der Waals surface area contributed by atoms with E-state index in [2.05, 4.69) is 10.1 Å².